The van der Waals surface area contributed by atoms with Crippen molar-refractivity contribution in [1.29, 1.82) is 5.26 Å². The Morgan fingerprint density at radius 3 is 2.88 bits per heavy atom. The molecule has 0 N–H and O–H groups in total. The summed E-state index contributed by atoms with van der Waals surface area (Å²) in [5.74, 6) is 0.995. The van der Waals surface area contributed by atoms with Gasteiger partial charge in [-0.05, 0) is 25.1 Å². The molecule has 4 rings (SSSR count). The number of hydrogen-bond donors (Lipinski definition) is 0. The minimum Gasteiger partial charge on any atom is -0.337 e. The molecule has 0 aliphatic carbocycles. The molecule has 116 valence electrons. The highest BCUT2D eigenvalue weighted by molar-refractivity contribution is 5.84. The smallest absolute Gasteiger partial charge is 0.248 e. The Morgan fingerprint density at radius 2 is 2.04 bits per heavy atom. The van der Waals surface area contributed by atoms with Crippen molar-refractivity contribution in [2.45, 2.75) is 13.5 Å². The summed E-state index contributed by atoms with van der Waals surface area (Å²) in [7, 11) is 0. The van der Waals surface area contributed by atoms with Crippen molar-refractivity contribution in [2.75, 3.05) is 0 Å². The summed E-state index contributed by atoms with van der Waals surface area (Å²) in [6.45, 7) is 2.34. The second-order valence-electron chi connectivity index (χ2n) is 5.52. The SMILES string of the molecule is Cc1cccc(-c2noc(Cn3nc(C#N)c4ccccc43)n2)c1. The van der Waals surface area contributed by atoms with Gasteiger partial charge in [0.2, 0.25) is 11.7 Å². The summed E-state index contributed by atoms with van der Waals surface area (Å²) in [6, 6.07) is 17.6. The summed E-state index contributed by atoms with van der Waals surface area (Å²) < 4.78 is 7.06. The van der Waals surface area contributed by atoms with Gasteiger partial charge < -0.3 is 4.52 Å². The van der Waals surface area contributed by atoms with Crippen LogP contribution >= 0.6 is 0 Å². The fourth-order valence-corrected chi connectivity index (χ4v) is 2.68. The lowest BCUT2D eigenvalue weighted by atomic mass is 10.1. The van der Waals surface area contributed by atoms with Crippen molar-refractivity contribution in [2.24, 2.45) is 0 Å². The lowest BCUT2D eigenvalue weighted by molar-refractivity contribution is 0.368. The van der Waals surface area contributed by atoms with E-state index in [1.165, 1.54) is 0 Å². The van der Waals surface area contributed by atoms with Gasteiger partial charge >= 0.3 is 0 Å². The molecule has 0 radical (unpaired) electrons. The standard InChI is InChI=1S/C18H13N5O/c1-12-5-4-6-13(9-12)18-20-17(24-22-18)11-23-16-8-3-2-7-14(16)15(10-19)21-23/h2-9H,11H2,1H3. The number of para-hydroxylation sites is 1. The van der Waals surface area contributed by atoms with E-state index in [1.807, 2.05) is 55.5 Å². The first kappa shape index (κ1) is 14.2. The molecule has 4 aromatic rings. The monoisotopic (exact) mass is 315 g/mol. The van der Waals surface area contributed by atoms with Crippen LogP contribution in [0.15, 0.2) is 53.1 Å². The van der Waals surface area contributed by atoms with Crippen LogP contribution < -0.4 is 0 Å². The Labute approximate surface area is 138 Å². The van der Waals surface area contributed by atoms with Crippen molar-refractivity contribution >= 4 is 10.9 Å². The molecular weight excluding hydrogens is 302 g/mol. The summed E-state index contributed by atoms with van der Waals surface area (Å²) in [6.07, 6.45) is 0. The van der Waals surface area contributed by atoms with Crippen molar-refractivity contribution < 1.29 is 4.52 Å². The van der Waals surface area contributed by atoms with Crippen LogP contribution in [-0.4, -0.2) is 19.9 Å². The first-order valence-electron chi connectivity index (χ1n) is 7.50. The third-order valence-electron chi connectivity index (χ3n) is 3.79. The van der Waals surface area contributed by atoms with Gasteiger partial charge in [0, 0.05) is 10.9 Å². The molecular formula is C18H13N5O. The van der Waals surface area contributed by atoms with Crippen LogP contribution in [0.2, 0.25) is 0 Å². The molecule has 6 heteroatoms. The van der Waals surface area contributed by atoms with Gasteiger partial charge in [-0.1, -0.05) is 41.1 Å². The van der Waals surface area contributed by atoms with Crippen LogP contribution in [0.5, 0.6) is 0 Å². The van der Waals surface area contributed by atoms with Crippen molar-refractivity contribution in [3.8, 4) is 17.5 Å². The quantitative estimate of drug-likeness (QED) is 0.579. The molecule has 0 aliphatic rings. The maximum absolute atomic E-state index is 9.22. The zero-order valence-corrected chi connectivity index (χ0v) is 13.0. The molecule has 24 heavy (non-hydrogen) atoms. The molecule has 0 bridgehead atoms. The van der Waals surface area contributed by atoms with Gasteiger partial charge in [-0.25, -0.2) is 0 Å². The van der Waals surface area contributed by atoms with Crippen LogP contribution in [0.1, 0.15) is 17.1 Å². The number of benzene rings is 2. The van der Waals surface area contributed by atoms with Crippen molar-refractivity contribution in [3.63, 3.8) is 0 Å². The molecule has 0 aliphatic heterocycles. The first-order chi connectivity index (χ1) is 11.7. The molecule has 0 unspecified atom stereocenters. The average Bonchev–Trinajstić information content (AvgIpc) is 3.20. The Kier molecular flexibility index (Phi) is 3.32. The third-order valence-corrected chi connectivity index (χ3v) is 3.79. The van der Waals surface area contributed by atoms with Gasteiger partial charge in [0.15, 0.2) is 5.69 Å². The molecule has 2 aromatic carbocycles. The topological polar surface area (TPSA) is 80.5 Å². The summed E-state index contributed by atoms with van der Waals surface area (Å²) in [5, 5.41) is 18.4. The molecule has 0 saturated heterocycles. The van der Waals surface area contributed by atoms with E-state index < -0.39 is 0 Å². The van der Waals surface area contributed by atoms with Gasteiger partial charge in [0.05, 0.1) is 5.52 Å². The van der Waals surface area contributed by atoms with Crippen LogP contribution in [0, 0.1) is 18.3 Å². The zero-order chi connectivity index (χ0) is 16.5. The molecule has 0 saturated carbocycles. The minimum atomic E-state index is 0.320. The molecule has 2 heterocycles. The molecule has 6 nitrogen and oxygen atoms in total. The lowest BCUT2D eigenvalue weighted by Gasteiger charge is -1.98. The van der Waals surface area contributed by atoms with E-state index in [0.29, 0.717) is 24.0 Å². The van der Waals surface area contributed by atoms with E-state index in [4.69, 9.17) is 4.52 Å². The number of aromatic nitrogens is 4. The van der Waals surface area contributed by atoms with Crippen LogP contribution in [0.25, 0.3) is 22.3 Å². The number of nitriles is 1. The third kappa shape index (κ3) is 2.42. The van der Waals surface area contributed by atoms with Gasteiger partial charge in [-0.15, -0.1) is 0 Å². The zero-order valence-electron chi connectivity index (χ0n) is 13.0. The second kappa shape index (κ2) is 5.63. The van der Waals surface area contributed by atoms with Crippen LogP contribution in [-0.2, 0) is 6.54 Å². The van der Waals surface area contributed by atoms with Gasteiger partial charge in [0.1, 0.15) is 12.6 Å². The molecule has 0 amide bonds. The molecule has 2 aromatic heterocycles. The number of nitrogens with zero attached hydrogens (tertiary/aromatic N) is 5. The largest absolute Gasteiger partial charge is 0.337 e. The average molecular weight is 315 g/mol. The first-order valence-corrected chi connectivity index (χ1v) is 7.50. The number of aryl methyl sites for hydroxylation is 1. The highest BCUT2D eigenvalue weighted by atomic mass is 16.5. The van der Waals surface area contributed by atoms with E-state index in [9.17, 15) is 5.26 Å². The van der Waals surface area contributed by atoms with Crippen molar-refractivity contribution in [1.82, 2.24) is 19.9 Å². The van der Waals surface area contributed by atoms with Crippen LogP contribution in [0.4, 0.5) is 0 Å². The predicted octanol–water partition coefficient (Wildman–Crippen LogP) is 3.31. The van der Waals surface area contributed by atoms with E-state index in [-0.39, 0.29) is 0 Å². The van der Waals surface area contributed by atoms with E-state index in [2.05, 4.69) is 21.3 Å². The normalized spacial score (nSPS) is 10.8. The Morgan fingerprint density at radius 1 is 1.17 bits per heavy atom. The summed E-state index contributed by atoms with van der Waals surface area (Å²) in [4.78, 5) is 4.44. The molecule has 0 fully saturated rings. The fourth-order valence-electron chi connectivity index (χ4n) is 2.68. The van der Waals surface area contributed by atoms with E-state index in [0.717, 1.165) is 22.0 Å². The van der Waals surface area contributed by atoms with E-state index >= 15 is 0 Å². The maximum Gasteiger partial charge on any atom is 0.248 e. The van der Waals surface area contributed by atoms with Crippen LogP contribution in [0.3, 0.4) is 0 Å². The predicted molar refractivity (Wildman–Crippen MR) is 88.0 cm³/mol. The molecule has 0 spiro atoms. The molecule has 0 atom stereocenters. The number of fused-ring (bicyclic) bond motifs is 1. The van der Waals surface area contributed by atoms with Gasteiger partial charge in [-0.2, -0.15) is 15.3 Å². The lowest BCUT2D eigenvalue weighted by Crippen LogP contribution is -2.02. The summed E-state index contributed by atoms with van der Waals surface area (Å²) in [5.41, 5.74) is 3.30. The summed E-state index contributed by atoms with van der Waals surface area (Å²) >= 11 is 0. The van der Waals surface area contributed by atoms with Crippen molar-refractivity contribution in [3.05, 3.63) is 65.7 Å². The van der Waals surface area contributed by atoms with Gasteiger partial charge in [-0.3, -0.25) is 4.68 Å². The Hall–Kier alpha value is -3.46. The van der Waals surface area contributed by atoms with Gasteiger partial charge in [0.25, 0.3) is 0 Å². The highest BCUT2D eigenvalue weighted by Gasteiger charge is 2.14. The Balaban J connectivity index is 1.69. The number of hydrogen-bond acceptors (Lipinski definition) is 5. The maximum atomic E-state index is 9.22. The van der Waals surface area contributed by atoms with E-state index in [1.54, 1.807) is 4.68 Å². The minimum absolute atomic E-state index is 0.320. The highest BCUT2D eigenvalue weighted by Crippen LogP contribution is 2.20. The Bertz CT molecular complexity index is 1070. The number of rotatable bonds is 3. The second-order valence-corrected chi connectivity index (χ2v) is 5.52. The fraction of sp³-hybridized carbons (Fsp3) is 0.111.